The topological polar surface area (TPSA) is 312 Å². The zero-order valence-electron chi connectivity index (χ0n) is 54.7. The molecule has 0 unspecified atom stereocenters. The first-order chi connectivity index (χ1) is 48.0. The number of halogens is 2. The molecule has 100 heavy (non-hydrogen) atoms. The lowest BCUT2D eigenvalue weighted by molar-refractivity contribution is -0.137. The molecule has 0 atom stereocenters. The molecular formula is C78H72Cl2N6O14. The van der Waals surface area contributed by atoms with Gasteiger partial charge in [0.2, 0.25) is 11.7 Å². The van der Waals surface area contributed by atoms with Gasteiger partial charge in [-0.25, -0.2) is 24.2 Å². The number of aliphatic hydroxyl groups excluding tert-OH is 1. The Balaban J connectivity index is 0.000000199. The zero-order chi connectivity index (χ0) is 72.5. The van der Waals surface area contributed by atoms with Gasteiger partial charge in [-0.2, -0.15) is 0 Å². The molecule has 20 nitrogen and oxygen atoms in total. The first-order valence-corrected chi connectivity index (χ1v) is 31.4. The molecule has 1 heterocycles. The summed E-state index contributed by atoms with van der Waals surface area (Å²) in [7, 11) is 1.59. The van der Waals surface area contributed by atoms with E-state index in [0.29, 0.717) is 33.7 Å². The normalized spacial score (nSPS) is 10.2. The molecule has 0 radical (unpaired) electrons. The number of nitrogens with zero attached hydrogens (tertiary/aromatic N) is 1. The number of rotatable bonds is 23. The second-order valence-electron chi connectivity index (χ2n) is 21.4. The van der Waals surface area contributed by atoms with Crippen LogP contribution in [0, 0.1) is 13.8 Å². The Kier molecular flexibility index (Phi) is 30.4. The Morgan fingerprint density at radius 1 is 0.490 bits per heavy atom. The van der Waals surface area contributed by atoms with E-state index >= 15 is 0 Å². The standard InChI is InChI=1S/C22H19Cl2NO.C18H17NO4.C13H12N2O2.C13H11NO2.C12H13NO5/c1-15(26)19-4-2-3-5-22(19)25-18-11-8-16(9-12-18)6-7-17-10-13-20(23)21(24)14-17;1-12-7-8-13(11-16(12)23-2)9-10-17(20)19-15-6-4-3-5-14(15)18(21)22;1-9-4-2-5-10(8-9)15-12-11(13(16)17)6-3-7-14-12;15-13(16)11-8-4-5-9-12(11)14-10-6-2-1-3-7-10;1-2-18-7-10(14)11(15)13-9-6-4-3-5-8(9)12(16)17/h2-5,8-14,25-26H,1,6-7H2;3-11H,1-2H3,(H,19,20)(H,21,22);2-8H,1H3,(H,14,15)(H,16,17);1-9,14H,(H,15,16);3-6H,2,7H2,1H3,(H,13,15)(H,16,17)/b;10-9+;;;. The predicted molar refractivity (Wildman–Crippen MR) is 393 cm³/mol. The van der Waals surface area contributed by atoms with Crippen LogP contribution in [0.25, 0.3) is 11.8 Å². The van der Waals surface area contributed by atoms with Crippen LogP contribution in [0.1, 0.15) is 81.7 Å². The lowest BCUT2D eigenvalue weighted by Crippen LogP contribution is -2.27. The number of para-hydroxylation sites is 5. The molecule has 0 spiro atoms. The number of hydrogen-bond donors (Lipinski definition) is 10. The summed E-state index contributed by atoms with van der Waals surface area (Å²) in [5.74, 6) is -5.10. The van der Waals surface area contributed by atoms with Crippen LogP contribution in [0.3, 0.4) is 0 Å². The van der Waals surface area contributed by atoms with Gasteiger partial charge in [0.05, 0.1) is 50.9 Å². The number of aliphatic hydroxyl groups is 1. The molecule has 1 aromatic heterocycles. The van der Waals surface area contributed by atoms with E-state index in [-0.39, 0.29) is 46.0 Å². The second kappa shape index (κ2) is 39.6. The van der Waals surface area contributed by atoms with Crippen molar-refractivity contribution in [2.45, 2.75) is 33.6 Å². The van der Waals surface area contributed by atoms with Crippen molar-refractivity contribution in [3.05, 3.63) is 309 Å². The minimum Gasteiger partial charge on any atom is -0.508 e. The number of aryl methyl sites for hydroxylation is 4. The quantitative estimate of drug-likeness (QED) is 0.0162. The van der Waals surface area contributed by atoms with Gasteiger partial charge in [-0.15, -0.1) is 0 Å². The van der Waals surface area contributed by atoms with Gasteiger partial charge in [0, 0.05) is 47.2 Å². The fourth-order valence-electron chi connectivity index (χ4n) is 9.03. The van der Waals surface area contributed by atoms with Gasteiger partial charge in [-0.3, -0.25) is 14.4 Å². The van der Waals surface area contributed by atoms with E-state index in [9.17, 15) is 38.7 Å². The third-order valence-corrected chi connectivity index (χ3v) is 14.8. The van der Waals surface area contributed by atoms with Crippen molar-refractivity contribution in [3.63, 3.8) is 0 Å². The van der Waals surface area contributed by atoms with Gasteiger partial charge >= 0.3 is 23.9 Å². The van der Waals surface area contributed by atoms with Crippen LogP contribution in [-0.4, -0.2) is 92.3 Å². The number of carboxylic acid groups (broad SMARTS) is 4. The summed E-state index contributed by atoms with van der Waals surface area (Å²) in [5, 5.41) is 61.1. The number of Topliss-reactive ketones (excluding diaryl/α,β-unsaturated/α-hetero) is 1. The maximum Gasteiger partial charge on any atom is 0.339 e. The molecule has 0 bridgehead atoms. The number of anilines is 8. The average Bonchev–Trinajstić information content (AvgIpc) is 0.882. The van der Waals surface area contributed by atoms with Gasteiger partial charge < -0.3 is 61.6 Å². The third-order valence-electron chi connectivity index (χ3n) is 14.1. The summed E-state index contributed by atoms with van der Waals surface area (Å²) in [6, 6.07) is 66.3. The summed E-state index contributed by atoms with van der Waals surface area (Å²) in [4.78, 5) is 82.7. The number of ether oxygens (including phenoxy) is 2. The molecule has 10 aromatic rings. The number of methoxy groups -OCH3 is 1. The van der Waals surface area contributed by atoms with Crippen LogP contribution in [0.2, 0.25) is 10.0 Å². The Labute approximate surface area is 587 Å². The highest BCUT2D eigenvalue weighted by atomic mass is 35.5. The molecule has 0 aliphatic rings. The number of pyridine rings is 1. The van der Waals surface area contributed by atoms with E-state index in [1.807, 2.05) is 141 Å². The van der Waals surface area contributed by atoms with Crippen LogP contribution >= 0.6 is 23.2 Å². The van der Waals surface area contributed by atoms with Crippen LogP contribution in [0.4, 0.5) is 45.6 Å². The van der Waals surface area contributed by atoms with E-state index in [1.165, 1.54) is 42.0 Å². The van der Waals surface area contributed by atoms with E-state index < -0.39 is 41.5 Å². The molecule has 10 N–H and O–H groups in total. The molecule has 0 saturated heterocycles. The molecule has 9 aromatic carbocycles. The molecule has 0 fully saturated rings. The number of carbonyl (C=O) groups is 7. The number of hydrogen-bond acceptors (Lipinski definition) is 14. The van der Waals surface area contributed by atoms with E-state index in [1.54, 1.807) is 80.9 Å². The van der Waals surface area contributed by atoms with E-state index in [4.69, 9.17) is 53.1 Å². The number of carboxylic acids is 4. The van der Waals surface area contributed by atoms with Gasteiger partial charge in [0.25, 0.3) is 5.91 Å². The number of benzene rings is 9. The third kappa shape index (κ3) is 25.0. The van der Waals surface area contributed by atoms with Crippen LogP contribution in [0.15, 0.2) is 243 Å². The molecule has 10 rings (SSSR count). The molecule has 2 amide bonds. The number of aromatic carboxylic acids is 4. The monoisotopic (exact) mass is 1390 g/mol. The van der Waals surface area contributed by atoms with Crippen LogP contribution < -0.4 is 31.3 Å². The lowest BCUT2D eigenvalue weighted by Gasteiger charge is -2.12. The Hall–Kier alpha value is -12.4. The smallest absolute Gasteiger partial charge is 0.339 e. The second-order valence-corrected chi connectivity index (χ2v) is 22.2. The lowest BCUT2D eigenvalue weighted by atomic mass is 10.0. The van der Waals surface area contributed by atoms with Gasteiger partial charge in [0.1, 0.15) is 29.5 Å². The average molecular weight is 1390 g/mol. The van der Waals surface area contributed by atoms with Crippen molar-refractivity contribution in [2.75, 3.05) is 46.9 Å². The number of nitrogens with one attached hydrogen (secondary N) is 5. The highest BCUT2D eigenvalue weighted by molar-refractivity contribution is 6.42. The number of ketones is 1. The maximum absolute atomic E-state index is 12.0. The molecule has 22 heteroatoms. The maximum atomic E-state index is 12.0. The summed E-state index contributed by atoms with van der Waals surface area (Å²) < 4.78 is 10.0. The van der Waals surface area contributed by atoms with Gasteiger partial charge in [0.15, 0.2) is 0 Å². The molecular weight excluding hydrogens is 1320 g/mol. The minimum absolute atomic E-state index is 0.0475. The Morgan fingerprint density at radius 2 is 0.990 bits per heavy atom. The van der Waals surface area contributed by atoms with Crippen molar-refractivity contribution in [3.8, 4) is 5.75 Å². The number of aromatic nitrogens is 1. The largest absolute Gasteiger partial charge is 0.508 e. The van der Waals surface area contributed by atoms with Crippen molar-refractivity contribution < 1.29 is 68.6 Å². The highest BCUT2D eigenvalue weighted by Gasteiger charge is 2.18. The summed E-state index contributed by atoms with van der Waals surface area (Å²) in [5.41, 5.74) is 10.8. The van der Waals surface area contributed by atoms with Crippen molar-refractivity contribution >= 4 is 122 Å². The molecule has 0 saturated carbocycles. The van der Waals surface area contributed by atoms with Crippen molar-refractivity contribution in [2.24, 2.45) is 0 Å². The Morgan fingerprint density at radius 3 is 1.55 bits per heavy atom. The summed E-state index contributed by atoms with van der Waals surface area (Å²) >= 11 is 12.0. The SMILES string of the molecule is C=C(O)c1ccccc1Nc1ccc(CCc2ccc(Cl)c(Cl)c2)cc1.CCOCC(=O)C(=O)Nc1ccccc1C(=O)O.COc1cc(/C=C/C(=O)Nc2ccccc2C(=O)O)ccc1C.Cc1cccc(Nc2ncccc2C(=O)O)c1.O=C(O)c1ccccc1Nc1ccccc1. The fraction of sp³-hybridized carbons (Fsp3) is 0.103. The first-order valence-electron chi connectivity index (χ1n) is 30.7. The van der Waals surface area contributed by atoms with Crippen molar-refractivity contribution in [1.82, 2.24) is 4.98 Å². The van der Waals surface area contributed by atoms with E-state index in [0.717, 1.165) is 63.6 Å². The van der Waals surface area contributed by atoms with Gasteiger partial charge in [-0.05, 0) is 183 Å². The van der Waals surface area contributed by atoms with Gasteiger partial charge in [-0.1, -0.05) is 139 Å². The number of amides is 2. The fourth-order valence-corrected chi connectivity index (χ4v) is 9.35. The summed E-state index contributed by atoms with van der Waals surface area (Å²) in [6.07, 6.45) is 6.37. The Bertz CT molecular complexity index is 4510. The summed E-state index contributed by atoms with van der Waals surface area (Å²) in [6.45, 7) is 9.21. The highest BCUT2D eigenvalue weighted by Crippen LogP contribution is 2.28. The molecule has 0 aliphatic heterocycles. The zero-order valence-corrected chi connectivity index (χ0v) is 56.3. The molecule has 0 aliphatic carbocycles. The first kappa shape index (κ1) is 76.7. The number of carbonyl (C=O) groups excluding carboxylic acids is 3. The van der Waals surface area contributed by atoms with Crippen molar-refractivity contribution in [1.29, 1.82) is 0 Å². The van der Waals surface area contributed by atoms with Crippen LogP contribution in [0.5, 0.6) is 5.75 Å². The van der Waals surface area contributed by atoms with Crippen LogP contribution in [-0.2, 0) is 32.0 Å². The minimum atomic E-state index is -1.18. The predicted octanol–water partition coefficient (Wildman–Crippen LogP) is 17.3. The molecule has 512 valence electrons. The van der Waals surface area contributed by atoms with E-state index in [2.05, 4.69) is 50.3 Å².